The lowest BCUT2D eigenvalue weighted by Crippen LogP contribution is -2.37. The van der Waals surface area contributed by atoms with Crippen molar-refractivity contribution in [2.75, 3.05) is 13.1 Å². The quantitative estimate of drug-likeness (QED) is 0.773. The molecule has 0 spiro atoms. The molecule has 0 aromatic carbocycles. The highest BCUT2D eigenvalue weighted by Crippen LogP contribution is 2.40. The van der Waals surface area contributed by atoms with Crippen LogP contribution in [0.5, 0.6) is 0 Å². The third kappa shape index (κ3) is 3.57. The third-order valence-corrected chi connectivity index (χ3v) is 6.57. The highest BCUT2D eigenvalue weighted by Gasteiger charge is 2.35. The fourth-order valence-electron chi connectivity index (χ4n) is 2.30. The SMILES string of the molecule is CC(C)CN(C1CC1)C(CN)c1cc(Br)c(Br)s1. The Kier molecular flexibility index (Phi) is 5.29. The van der Waals surface area contributed by atoms with E-state index >= 15 is 0 Å². The first-order valence-electron chi connectivity index (χ1n) is 6.43. The highest BCUT2D eigenvalue weighted by atomic mass is 79.9. The van der Waals surface area contributed by atoms with Crippen LogP contribution in [-0.2, 0) is 0 Å². The van der Waals surface area contributed by atoms with Crippen molar-refractivity contribution in [2.45, 2.75) is 38.8 Å². The van der Waals surface area contributed by atoms with Crippen LogP contribution in [0.4, 0.5) is 0 Å². The van der Waals surface area contributed by atoms with Crippen LogP contribution in [0, 0.1) is 5.92 Å². The summed E-state index contributed by atoms with van der Waals surface area (Å²) in [6, 6.07) is 3.33. The summed E-state index contributed by atoms with van der Waals surface area (Å²) in [7, 11) is 0. The second-order valence-electron chi connectivity index (χ2n) is 5.34. The molecule has 1 aromatic rings. The van der Waals surface area contributed by atoms with Crippen LogP contribution in [0.3, 0.4) is 0 Å². The first kappa shape index (κ1) is 15.0. The van der Waals surface area contributed by atoms with Gasteiger partial charge in [-0.25, -0.2) is 0 Å². The maximum atomic E-state index is 6.04. The van der Waals surface area contributed by atoms with Gasteiger partial charge < -0.3 is 5.73 Å². The van der Waals surface area contributed by atoms with E-state index in [-0.39, 0.29) is 0 Å². The van der Waals surface area contributed by atoms with E-state index in [0.717, 1.165) is 20.8 Å². The molecule has 2 rings (SSSR count). The number of thiophene rings is 1. The number of hydrogen-bond acceptors (Lipinski definition) is 3. The van der Waals surface area contributed by atoms with Crippen LogP contribution in [0.2, 0.25) is 0 Å². The average Bonchev–Trinajstić information content (AvgIpc) is 3.06. The third-order valence-electron chi connectivity index (χ3n) is 3.21. The Morgan fingerprint density at radius 1 is 1.44 bits per heavy atom. The minimum absolute atomic E-state index is 0.368. The Balaban J connectivity index is 2.19. The lowest BCUT2D eigenvalue weighted by atomic mass is 10.1. The molecule has 2 N–H and O–H groups in total. The highest BCUT2D eigenvalue weighted by molar-refractivity contribution is 9.13. The van der Waals surface area contributed by atoms with E-state index in [1.807, 2.05) is 0 Å². The Hall–Kier alpha value is 0.580. The van der Waals surface area contributed by atoms with Crippen molar-refractivity contribution in [2.24, 2.45) is 11.7 Å². The van der Waals surface area contributed by atoms with E-state index in [9.17, 15) is 0 Å². The molecule has 0 amide bonds. The van der Waals surface area contributed by atoms with Gasteiger partial charge in [-0.3, -0.25) is 4.90 Å². The minimum Gasteiger partial charge on any atom is -0.329 e. The van der Waals surface area contributed by atoms with E-state index in [2.05, 4.69) is 56.7 Å². The Bertz CT molecular complexity index is 382. The summed E-state index contributed by atoms with van der Waals surface area (Å²) >= 11 is 8.94. The normalized spacial score (nSPS) is 17.7. The van der Waals surface area contributed by atoms with Gasteiger partial charge in [0.05, 0.1) is 9.83 Å². The fraction of sp³-hybridized carbons (Fsp3) is 0.692. The second kappa shape index (κ2) is 6.35. The monoisotopic (exact) mass is 394 g/mol. The van der Waals surface area contributed by atoms with E-state index in [1.54, 1.807) is 11.3 Å². The van der Waals surface area contributed by atoms with Crippen LogP contribution >= 0.6 is 43.2 Å². The van der Waals surface area contributed by atoms with E-state index in [1.165, 1.54) is 17.7 Å². The van der Waals surface area contributed by atoms with Crippen molar-refractivity contribution < 1.29 is 0 Å². The van der Waals surface area contributed by atoms with Crippen molar-refractivity contribution in [3.05, 3.63) is 19.2 Å². The predicted octanol–water partition coefficient (Wildman–Crippen LogP) is 4.39. The summed E-state index contributed by atoms with van der Waals surface area (Å²) in [4.78, 5) is 3.97. The number of hydrogen-bond donors (Lipinski definition) is 1. The Morgan fingerprint density at radius 3 is 2.50 bits per heavy atom. The molecule has 18 heavy (non-hydrogen) atoms. The van der Waals surface area contributed by atoms with Crippen molar-refractivity contribution in [1.82, 2.24) is 4.90 Å². The zero-order valence-electron chi connectivity index (χ0n) is 10.8. The lowest BCUT2D eigenvalue weighted by molar-refractivity contribution is 0.172. The van der Waals surface area contributed by atoms with Crippen LogP contribution in [0.15, 0.2) is 14.3 Å². The molecule has 1 unspecified atom stereocenters. The number of rotatable bonds is 6. The molecule has 5 heteroatoms. The van der Waals surface area contributed by atoms with Crippen molar-refractivity contribution in [3.8, 4) is 0 Å². The summed E-state index contributed by atoms with van der Waals surface area (Å²) in [5.74, 6) is 0.687. The maximum Gasteiger partial charge on any atom is 0.0843 e. The molecular weight excluding hydrogens is 376 g/mol. The molecule has 1 heterocycles. The van der Waals surface area contributed by atoms with Gasteiger partial charge in [-0.05, 0) is 56.7 Å². The van der Waals surface area contributed by atoms with Gasteiger partial charge in [0.1, 0.15) is 0 Å². The lowest BCUT2D eigenvalue weighted by Gasteiger charge is -2.31. The minimum atomic E-state index is 0.368. The molecule has 0 saturated heterocycles. The predicted molar refractivity (Wildman–Crippen MR) is 86.1 cm³/mol. The van der Waals surface area contributed by atoms with Crippen LogP contribution in [0.25, 0.3) is 0 Å². The molecule has 102 valence electrons. The summed E-state index contributed by atoms with van der Waals surface area (Å²) in [6.07, 6.45) is 2.66. The first-order valence-corrected chi connectivity index (χ1v) is 8.83. The summed E-state index contributed by atoms with van der Waals surface area (Å²) in [6.45, 7) is 6.40. The zero-order chi connectivity index (χ0) is 13.3. The maximum absolute atomic E-state index is 6.04. The first-order chi connectivity index (χ1) is 8.52. The summed E-state index contributed by atoms with van der Waals surface area (Å²) in [5, 5.41) is 0. The van der Waals surface area contributed by atoms with E-state index < -0.39 is 0 Å². The smallest absolute Gasteiger partial charge is 0.0843 e. The van der Waals surface area contributed by atoms with Gasteiger partial charge in [-0.1, -0.05) is 13.8 Å². The molecule has 1 saturated carbocycles. The van der Waals surface area contributed by atoms with Crippen molar-refractivity contribution in [1.29, 1.82) is 0 Å². The molecule has 1 aliphatic carbocycles. The molecular formula is C13H20Br2N2S. The van der Waals surface area contributed by atoms with Gasteiger partial charge in [0, 0.05) is 28.5 Å². The van der Waals surface area contributed by atoms with Gasteiger partial charge in [-0.15, -0.1) is 11.3 Å². The van der Waals surface area contributed by atoms with E-state index in [0.29, 0.717) is 18.5 Å². The Morgan fingerprint density at radius 2 is 2.11 bits per heavy atom. The summed E-state index contributed by atoms with van der Waals surface area (Å²) < 4.78 is 2.30. The average molecular weight is 396 g/mol. The molecule has 1 aliphatic rings. The number of nitrogens with zero attached hydrogens (tertiary/aromatic N) is 1. The molecule has 1 aromatic heterocycles. The molecule has 1 atom stereocenters. The molecule has 2 nitrogen and oxygen atoms in total. The van der Waals surface area contributed by atoms with Crippen molar-refractivity contribution in [3.63, 3.8) is 0 Å². The van der Waals surface area contributed by atoms with Crippen LogP contribution in [0.1, 0.15) is 37.6 Å². The largest absolute Gasteiger partial charge is 0.329 e. The van der Waals surface area contributed by atoms with Gasteiger partial charge in [0.15, 0.2) is 0 Å². The molecule has 1 fully saturated rings. The Labute approximate surface area is 130 Å². The number of nitrogens with two attached hydrogens (primary N) is 1. The van der Waals surface area contributed by atoms with Crippen LogP contribution < -0.4 is 5.73 Å². The molecule has 0 radical (unpaired) electrons. The molecule has 0 aliphatic heterocycles. The zero-order valence-corrected chi connectivity index (χ0v) is 14.8. The van der Waals surface area contributed by atoms with Gasteiger partial charge in [-0.2, -0.15) is 0 Å². The molecule has 0 bridgehead atoms. The standard InChI is InChI=1S/C13H20Br2N2S/c1-8(2)7-17(9-3-4-9)11(6-16)12-5-10(14)13(15)18-12/h5,8-9,11H,3-4,6-7,16H2,1-2H3. The fourth-order valence-corrected chi connectivity index (χ4v) is 4.53. The van der Waals surface area contributed by atoms with Gasteiger partial charge >= 0.3 is 0 Å². The topological polar surface area (TPSA) is 29.3 Å². The van der Waals surface area contributed by atoms with Gasteiger partial charge in [0.25, 0.3) is 0 Å². The van der Waals surface area contributed by atoms with Gasteiger partial charge in [0.2, 0.25) is 0 Å². The van der Waals surface area contributed by atoms with E-state index in [4.69, 9.17) is 5.73 Å². The second-order valence-corrected chi connectivity index (χ2v) is 8.60. The van der Waals surface area contributed by atoms with Crippen LogP contribution in [-0.4, -0.2) is 24.0 Å². The summed E-state index contributed by atoms with van der Waals surface area (Å²) in [5.41, 5.74) is 6.04. The van der Waals surface area contributed by atoms with Crippen molar-refractivity contribution >= 4 is 43.2 Å². The number of halogens is 2.